The van der Waals surface area contributed by atoms with Gasteiger partial charge in [-0.15, -0.1) is 0 Å². The number of allylic oxidation sites excluding steroid dienone is 1. The summed E-state index contributed by atoms with van der Waals surface area (Å²) >= 11 is 2.12. The molecule has 9 heteroatoms. The minimum atomic E-state index is -1.03. The second-order valence-corrected chi connectivity index (χ2v) is 8.19. The number of hydrogen-bond acceptors (Lipinski definition) is 6. The van der Waals surface area contributed by atoms with E-state index in [9.17, 15) is 20.2 Å². The number of rotatable bonds is 9. The van der Waals surface area contributed by atoms with Crippen LogP contribution in [0.4, 0.5) is 5.69 Å². The van der Waals surface area contributed by atoms with Gasteiger partial charge >= 0.3 is 5.97 Å². The number of carboxylic acid groups (broad SMARTS) is 1. The molecular formula is C25H19IN2O6. The number of hydrogen-bond donors (Lipinski definition) is 1. The molecule has 0 bridgehead atoms. The Morgan fingerprint density at radius 3 is 2.32 bits per heavy atom. The predicted octanol–water partition coefficient (Wildman–Crippen LogP) is 5.94. The fourth-order valence-corrected chi connectivity index (χ4v) is 3.86. The van der Waals surface area contributed by atoms with Gasteiger partial charge in [0.15, 0.2) is 11.5 Å². The van der Waals surface area contributed by atoms with Crippen molar-refractivity contribution in [3.63, 3.8) is 0 Å². The zero-order valence-electron chi connectivity index (χ0n) is 18.0. The van der Waals surface area contributed by atoms with E-state index in [1.165, 1.54) is 24.3 Å². The highest BCUT2D eigenvalue weighted by Crippen LogP contribution is 2.36. The van der Waals surface area contributed by atoms with Crippen molar-refractivity contribution < 1.29 is 24.3 Å². The summed E-state index contributed by atoms with van der Waals surface area (Å²) in [5.41, 5.74) is 2.60. The van der Waals surface area contributed by atoms with E-state index < -0.39 is 10.9 Å². The molecule has 3 aromatic rings. The Hall–Kier alpha value is -3.91. The maximum Gasteiger partial charge on any atom is 0.335 e. The minimum absolute atomic E-state index is 0.00960. The van der Waals surface area contributed by atoms with Gasteiger partial charge in [0.1, 0.15) is 6.61 Å². The van der Waals surface area contributed by atoms with Crippen LogP contribution in [0.25, 0.3) is 11.6 Å². The number of ether oxygens (including phenoxy) is 2. The van der Waals surface area contributed by atoms with E-state index in [4.69, 9.17) is 14.6 Å². The molecule has 0 aromatic heterocycles. The largest absolute Gasteiger partial charge is 0.490 e. The maximum absolute atomic E-state index is 11.1. The number of carboxylic acids is 1. The Kier molecular flexibility index (Phi) is 8.21. The van der Waals surface area contributed by atoms with Crippen LogP contribution in [0.1, 0.15) is 34.0 Å². The Labute approximate surface area is 209 Å². The molecule has 0 aliphatic carbocycles. The lowest BCUT2D eigenvalue weighted by Gasteiger charge is -2.15. The van der Waals surface area contributed by atoms with Crippen LogP contribution < -0.4 is 9.47 Å². The molecule has 172 valence electrons. The monoisotopic (exact) mass is 570 g/mol. The summed E-state index contributed by atoms with van der Waals surface area (Å²) in [5.74, 6) is -0.00221. The van der Waals surface area contributed by atoms with Crippen molar-refractivity contribution in [2.24, 2.45) is 0 Å². The van der Waals surface area contributed by atoms with Gasteiger partial charge < -0.3 is 14.6 Å². The molecule has 0 unspecified atom stereocenters. The summed E-state index contributed by atoms with van der Waals surface area (Å²) in [5, 5.41) is 29.5. The van der Waals surface area contributed by atoms with Crippen LogP contribution in [0.2, 0.25) is 0 Å². The average Bonchev–Trinajstić information content (AvgIpc) is 2.82. The van der Waals surface area contributed by atoms with Gasteiger partial charge in [-0.25, -0.2) is 4.79 Å². The molecule has 1 N–H and O–H groups in total. The van der Waals surface area contributed by atoms with Crippen LogP contribution in [0.15, 0.2) is 60.7 Å². The van der Waals surface area contributed by atoms with Crippen LogP contribution >= 0.6 is 22.6 Å². The molecule has 0 saturated carbocycles. The highest BCUT2D eigenvalue weighted by Gasteiger charge is 2.14. The Morgan fingerprint density at radius 2 is 1.76 bits per heavy atom. The van der Waals surface area contributed by atoms with Crippen LogP contribution in [0.3, 0.4) is 0 Å². The number of nitro groups is 1. The van der Waals surface area contributed by atoms with Crippen molar-refractivity contribution in [1.82, 2.24) is 0 Å². The molecule has 0 spiro atoms. The van der Waals surface area contributed by atoms with Crippen LogP contribution in [-0.4, -0.2) is 22.6 Å². The molecule has 0 aliphatic heterocycles. The van der Waals surface area contributed by atoms with Crippen molar-refractivity contribution in [2.45, 2.75) is 13.5 Å². The lowest BCUT2D eigenvalue weighted by Crippen LogP contribution is -2.02. The molecule has 0 fully saturated rings. The third-order valence-electron chi connectivity index (χ3n) is 4.74. The molecule has 0 amide bonds. The maximum atomic E-state index is 11.1. The highest BCUT2D eigenvalue weighted by atomic mass is 127. The van der Waals surface area contributed by atoms with E-state index >= 15 is 0 Å². The number of aromatic carboxylic acids is 1. The van der Waals surface area contributed by atoms with Crippen LogP contribution in [0.5, 0.6) is 11.5 Å². The summed E-state index contributed by atoms with van der Waals surface area (Å²) in [4.78, 5) is 21.4. The van der Waals surface area contributed by atoms with E-state index in [0.717, 1.165) is 14.7 Å². The summed E-state index contributed by atoms with van der Waals surface area (Å²) in [6.45, 7) is 2.45. The third-order valence-corrected chi connectivity index (χ3v) is 5.54. The quantitative estimate of drug-likeness (QED) is 0.111. The van der Waals surface area contributed by atoms with E-state index in [2.05, 4.69) is 28.7 Å². The standard InChI is InChI=1S/C25H19IN2O6/c1-2-33-23-13-17(11-20(14-27)18-5-7-19(8-6-18)25(29)30)12-22(26)24(23)34-15-16-3-9-21(10-4-16)28(31)32/h3-13H,2,15H2,1H3,(H,29,30)/b20-11-. The van der Waals surface area contributed by atoms with Crippen molar-refractivity contribution in [2.75, 3.05) is 6.61 Å². The smallest absolute Gasteiger partial charge is 0.335 e. The fraction of sp³-hybridized carbons (Fsp3) is 0.120. The average molecular weight is 570 g/mol. The van der Waals surface area contributed by atoms with Crippen molar-refractivity contribution in [3.05, 3.63) is 96.6 Å². The first-order chi connectivity index (χ1) is 16.3. The zero-order valence-corrected chi connectivity index (χ0v) is 20.2. The first-order valence-electron chi connectivity index (χ1n) is 10.1. The van der Waals surface area contributed by atoms with Crippen LogP contribution in [-0.2, 0) is 6.61 Å². The SMILES string of the molecule is CCOc1cc(/C=C(/C#N)c2ccc(C(=O)O)cc2)cc(I)c1OCc1ccc([N+](=O)[O-])cc1. The van der Waals surface area contributed by atoms with Crippen molar-refractivity contribution in [1.29, 1.82) is 5.26 Å². The summed E-state index contributed by atoms with van der Waals surface area (Å²) in [6, 6.07) is 18.0. The van der Waals surface area contributed by atoms with Gasteiger partial charge in [0.2, 0.25) is 0 Å². The number of nitrogens with zero attached hydrogens (tertiary/aromatic N) is 2. The number of nitriles is 1. The van der Waals surface area contributed by atoms with Crippen molar-refractivity contribution in [3.8, 4) is 17.6 Å². The summed E-state index contributed by atoms with van der Waals surface area (Å²) < 4.78 is 12.5. The van der Waals surface area contributed by atoms with Gasteiger partial charge in [-0.1, -0.05) is 12.1 Å². The van der Waals surface area contributed by atoms with Gasteiger partial charge in [-0.05, 0) is 88.7 Å². The fourth-order valence-electron chi connectivity index (χ4n) is 3.08. The van der Waals surface area contributed by atoms with Crippen LogP contribution in [0, 0.1) is 25.0 Å². The van der Waals surface area contributed by atoms with E-state index in [1.54, 1.807) is 36.4 Å². The molecule has 0 saturated heterocycles. The Balaban J connectivity index is 1.87. The first-order valence-corrected chi connectivity index (χ1v) is 11.2. The molecule has 0 aliphatic rings. The molecule has 3 rings (SSSR count). The Bertz CT molecular complexity index is 1280. The molecule has 8 nitrogen and oxygen atoms in total. The minimum Gasteiger partial charge on any atom is -0.490 e. The molecule has 3 aromatic carbocycles. The van der Waals surface area contributed by atoms with Gasteiger partial charge in [0.25, 0.3) is 5.69 Å². The molecule has 34 heavy (non-hydrogen) atoms. The zero-order chi connectivity index (χ0) is 24.7. The van der Waals surface area contributed by atoms with Gasteiger partial charge in [-0.2, -0.15) is 5.26 Å². The first kappa shape index (κ1) is 24.7. The molecular weight excluding hydrogens is 551 g/mol. The summed E-state index contributed by atoms with van der Waals surface area (Å²) in [6.07, 6.45) is 1.70. The van der Waals surface area contributed by atoms with E-state index in [1.807, 2.05) is 13.0 Å². The van der Waals surface area contributed by atoms with Gasteiger partial charge in [0.05, 0.1) is 32.3 Å². The third kappa shape index (κ3) is 6.11. The number of non-ortho nitro benzene ring substituents is 1. The number of halogens is 1. The lowest BCUT2D eigenvalue weighted by molar-refractivity contribution is -0.384. The number of benzene rings is 3. The van der Waals surface area contributed by atoms with Gasteiger partial charge in [0, 0.05) is 12.1 Å². The topological polar surface area (TPSA) is 123 Å². The predicted molar refractivity (Wildman–Crippen MR) is 135 cm³/mol. The molecule has 0 atom stereocenters. The highest BCUT2D eigenvalue weighted by molar-refractivity contribution is 14.1. The van der Waals surface area contributed by atoms with Gasteiger partial charge in [-0.3, -0.25) is 10.1 Å². The molecule has 0 radical (unpaired) electrons. The van der Waals surface area contributed by atoms with E-state index in [-0.39, 0.29) is 17.9 Å². The second-order valence-electron chi connectivity index (χ2n) is 7.03. The van der Waals surface area contributed by atoms with E-state index in [0.29, 0.717) is 29.2 Å². The second kappa shape index (κ2) is 11.3. The number of carbonyl (C=O) groups is 1. The number of nitro benzene ring substituents is 1. The normalized spacial score (nSPS) is 10.9. The van der Waals surface area contributed by atoms with Crippen molar-refractivity contribution >= 4 is 45.9 Å². The molecule has 0 heterocycles. The Morgan fingerprint density at radius 1 is 1.12 bits per heavy atom. The summed E-state index contributed by atoms with van der Waals surface area (Å²) in [7, 11) is 0. The lowest BCUT2D eigenvalue weighted by atomic mass is 10.0.